The molecule has 0 aliphatic rings. The van der Waals surface area contributed by atoms with Crippen molar-refractivity contribution in [2.75, 3.05) is 0 Å². The molecule has 1 nitrogen and oxygen atoms in total. The Balaban J connectivity index is 1.80. The zero-order chi connectivity index (χ0) is 10.7. The zero-order valence-corrected chi connectivity index (χ0v) is 10.8. The van der Waals surface area contributed by atoms with Crippen molar-refractivity contribution < 1.29 is 0 Å². The maximum atomic E-state index is 5.84. The van der Waals surface area contributed by atoms with Crippen LogP contribution in [-0.4, -0.2) is 0 Å². The summed E-state index contributed by atoms with van der Waals surface area (Å²) in [5.41, 5.74) is 0. The lowest BCUT2D eigenvalue weighted by atomic mass is 10.4. The van der Waals surface area contributed by atoms with Crippen LogP contribution in [0, 0.1) is 6.92 Å². The Bertz CT molecular complexity index is 393. The summed E-state index contributed by atoms with van der Waals surface area (Å²) in [6, 6.07) is 6.34. The van der Waals surface area contributed by atoms with Crippen LogP contribution in [-0.2, 0) is 13.1 Å². The van der Waals surface area contributed by atoms with Crippen LogP contribution >= 0.6 is 34.3 Å². The lowest BCUT2D eigenvalue weighted by Gasteiger charge is -1.99. The summed E-state index contributed by atoms with van der Waals surface area (Å²) in [4.78, 5) is 4.04. The van der Waals surface area contributed by atoms with Gasteiger partial charge < -0.3 is 5.32 Å². The van der Waals surface area contributed by atoms with Gasteiger partial charge in [-0.15, -0.1) is 22.7 Å². The molecule has 2 rings (SSSR count). The van der Waals surface area contributed by atoms with Crippen LogP contribution in [0.4, 0.5) is 0 Å². The van der Waals surface area contributed by atoms with Gasteiger partial charge in [-0.25, -0.2) is 0 Å². The van der Waals surface area contributed by atoms with Gasteiger partial charge in [-0.05, 0) is 25.1 Å². The van der Waals surface area contributed by atoms with Gasteiger partial charge in [-0.1, -0.05) is 11.6 Å². The van der Waals surface area contributed by atoms with Crippen molar-refractivity contribution in [3.05, 3.63) is 43.2 Å². The molecular formula is C11H12ClNS2. The first-order valence-electron chi connectivity index (χ1n) is 4.73. The van der Waals surface area contributed by atoms with Gasteiger partial charge in [0.1, 0.15) is 0 Å². The molecule has 0 aromatic carbocycles. The van der Waals surface area contributed by atoms with Gasteiger partial charge in [0.05, 0.1) is 5.02 Å². The van der Waals surface area contributed by atoms with E-state index in [1.54, 1.807) is 11.3 Å². The Morgan fingerprint density at radius 1 is 1.27 bits per heavy atom. The number of halogens is 1. The maximum absolute atomic E-state index is 5.84. The van der Waals surface area contributed by atoms with Gasteiger partial charge in [0.25, 0.3) is 0 Å². The van der Waals surface area contributed by atoms with Crippen LogP contribution in [0.25, 0.3) is 0 Å². The highest BCUT2D eigenvalue weighted by Crippen LogP contribution is 2.19. The van der Waals surface area contributed by atoms with Gasteiger partial charge in [-0.3, -0.25) is 0 Å². The zero-order valence-electron chi connectivity index (χ0n) is 8.42. The monoisotopic (exact) mass is 257 g/mol. The molecule has 2 aromatic heterocycles. The van der Waals surface area contributed by atoms with Crippen molar-refractivity contribution in [2.24, 2.45) is 0 Å². The van der Waals surface area contributed by atoms with Crippen molar-refractivity contribution in [2.45, 2.75) is 20.0 Å². The van der Waals surface area contributed by atoms with E-state index in [0.717, 1.165) is 18.1 Å². The average molecular weight is 258 g/mol. The normalized spacial score (nSPS) is 10.8. The third-order valence-corrected chi connectivity index (χ3v) is 4.30. The molecule has 0 saturated heterocycles. The molecule has 0 saturated carbocycles. The quantitative estimate of drug-likeness (QED) is 0.871. The van der Waals surface area contributed by atoms with Crippen LogP contribution in [0.1, 0.15) is 14.6 Å². The first-order chi connectivity index (χ1) is 7.24. The van der Waals surface area contributed by atoms with Gasteiger partial charge in [0, 0.05) is 33.1 Å². The van der Waals surface area contributed by atoms with Crippen molar-refractivity contribution in [3.8, 4) is 0 Å². The van der Waals surface area contributed by atoms with E-state index in [1.165, 1.54) is 14.6 Å². The summed E-state index contributed by atoms with van der Waals surface area (Å²) in [5, 5.41) is 6.21. The van der Waals surface area contributed by atoms with Crippen LogP contribution in [0.3, 0.4) is 0 Å². The first-order valence-corrected chi connectivity index (χ1v) is 6.80. The van der Waals surface area contributed by atoms with E-state index < -0.39 is 0 Å². The molecule has 0 unspecified atom stereocenters. The number of hydrogen-bond donors (Lipinski definition) is 1. The molecule has 0 aliphatic heterocycles. The highest BCUT2D eigenvalue weighted by atomic mass is 35.5. The lowest BCUT2D eigenvalue weighted by molar-refractivity contribution is 0.709. The Labute approximate surface area is 103 Å². The van der Waals surface area contributed by atoms with E-state index in [-0.39, 0.29) is 0 Å². The molecule has 1 N–H and O–H groups in total. The molecule has 0 atom stereocenters. The first kappa shape index (κ1) is 11.1. The molecule has 0 radical (unpaired) electrons. The summed E-state index contributed by atoms with van der Waals surface area (Å²) in [5.74, 6) is 0. The number of thiophene rings is 2. The van der Waals surface area contributed by atoms with Crippen LogP contribution in [0.5, 0.6) is 0 Å². The molecule has 4 heteroatoms. The van der Waals surface area contributed by atoms with Crippen molar-refractivity contribution in [3.63, 3.8) is 0 Å². The topological polar surface area (TPSA) is 12.0 Å². The predicted molar refractivity (Wildman–Crippen MR) is 68.9 cm³/mol. The summed E-state index contributed by atoms with van der Waals surface area (Å²) >= 11 is 9.39. The summed E-state index contributed by atoms with van der Waals surface area (Å²) in [7, 11) is 0. The van der Waals surface area contributed by atoms with Gasteiger partial charge >= 0.3 is 0 Å². The van der Waals surface area contributed by atoms with Crippen molar-refractivity contribution in [1.82, 2.24) is 5.32 Å². The minimum atomic E-state index is 0.837. The van der Waals surface area contributed by atoms with E-state index in [1.807, 2.05) is 22.8 Å². The predicted octanol–water partition coefficient (Wildman–Crippen LogP) is 4.06. The smallest absolute Gasteiger partial charge is 0.0516 e. The number of rotatable bonds is 4. The van der Waals surface area contributed by atoms with Gasteiger partial charge in [0.2, 0.25) is 0 Å². The van der Waals surface area contributed by atoms with Gasteiger partial charge in [0.15, 0.2) is 0 Å². The fraction of sp³-hybridized carbons (Fsp3) is 0.273. The Morgan fingerprint density at radius 2 is 2.07 bits per heavy atom. The molecule has 2 heterocycles. The molecule has 0 spiro atoms. The van der Waals surface area contributed by atoms with E-state index >= 15 is 0 Å². The summed E-state index contributed by atoms with van der Waals surface area (Å²) in [6.45, 7) is 3.97. The number of nitrogens with one attached hydrogen (secondary N) is 1. The van der Waals surface area contributed by atoms with E-state index in [2.05, 4.69) is 24.4 Å². The second kappa shape index (κ2) is 5.12. The van der Waals surface area contributed by atoms with E-state index in [4.69, 9.17) is 11.6 Å². The SMILES string of the molecule is Cc1ccc(CNCc2cc(Cl)cs2)s1. The van der Waals surface area contributed by atoms with Crippen LogP contribution < -0.4 is 5.32 Å². The molecular weight excluding hydrogens is 246 g/mol. The van der Waals surface area contributed by atoms with Gasteiger partial charge in [-0.2, -0.15) is 0 Å². The third-order valence-electron chi connectivity index (χ3n) is 2.02. The van der Waals surface area contributed by atoms with E-state index in [9.17, 15) is 0 Å². The minimum absolute atomic E-state index is 0.837. The fourth-order valence-electron chi connectivity index (χ4n) is 1.34. The number of aryl methyl sites for hydroxylation is 1. The highest BCUT2D eigenvalue weighted by Gasteiger charge is 1.99. The largest absolute Gasteiger partial charge is 0.307 e. The second-order valence-electron chi connectivity index (χ2n) is 3.35. The second-order valence-corrected chi connectivity index (χ2v) is 6.15. The molecule has 15 heavy (non-hydrogen) atoms. The molecule has 0 amide bonds. The summed E-state index contributed by atoms with van der Waals surface area (Å²) in [6.07, 6.45) is 0. The molecule has 0 aliphatic carbocycles. The van der Waals surface area contributed by atoms with Crippen LogP contribution in [0.15, 0.2) is 23.6 Å². The third kappa shape index (κ3) is 3.31. The Morgan fingerprint density at radius 3 is 2.67 bits per heavy atom. The molecule has 80 valence electrons. The highest BCUT2D eigenvalue weighted by molar-refractivity contribution is 7.11. The minimum Gasteiger partial charge on any atom is -0.307 e. The Hall–Kier alpha value is -0.350. The average Bonchev–Trinajstić information content (AvgIpc) is 2.76. The number of hydrogen-bond acceptors (Lipinski definition) is 3. The fourth-order valence-corrected chi connectivity index (χ4v) is 3.24. The summed E-state index contributed by atoms with van der Waals surface area (Å²) < 4.78 is 0. The maximum Gasteiger partial charge on any atom is 0.0516 e. The van der Waals surface area contributed by atoms with E-state index in [0.29, 0.717) is 0 Å². The molecule has 0 bridgehead atoms. The molecule has 2 aromatic rings. The van der Waals surface area contributed by atoms with Crippen molar-refractivity contribution >= 4 is 34.3 Å². The van der Waals surface area contributed by atoms with Crippen LogP contribution in [0.2, 0.25) is 5.02 Å². The standard InChI is InChI=1S/C11H12ClNS2/c1-8-2-3-10(15-8)5-13-6-11-4-9(12)7-14-11/h2-4,7,13H,5-6H2,1H3. The van der Waals surface area contributed by atoms with Crippen molar-refractivity contribution in [1.29, 1.82) is 0 Å². The lowest BCUT2D eigenvalue weighted by Crippen LogP contribution is -2.10. The molecule has 0 fully saturated rings. The Kier molecular flexibility index (Phi) is 3.81.